The predicted molar refractivity (Wildman–Crippen MR) is 110 cm³/mol. The molecule has 0 amide bonds. The van der Waals surface area contributed by atoms with Crippen molar-refractivity contribution in [3.63, 3.8) is 0 Å². The Morgan fingerprint density at radius 1 is 1.03 bits per heavy atom. The van der Waals surface area contributed by atoms with Crippen LogP contribution in [0.1, 0.15) is 11.7 Å². The fourth-order valence-corrected chi connectivity index (χ4v) is 3.74. The van der Waals surface area contributed by atoms with Gasteiger partial charge in [-0.2, -0.15) is 0 Å². The zero-order valence-electron chi connectivity index (χ0n) is 16.0. The first-order valence-electron chi connectivity index (χ1n) is 9.40. The molecule has 4 aromatic rings. The second-order valence-corrected chi connectivity index (χ2v) is 7.01. The Kier molecular flexibility index (Phi) is 4.25. The number of hydrogen-bond acceptors (Lipinski definition) is 7. The Bertz CT molecular complexity index is 1320. The van der Waals surface area contributed by atoms with Crippen molar-refractivity contribution in [2.45, 2.75) is 12.2 Å². The van der Waals surface area contributed by atoms with Crippen molar-refractivity contribution >= 4 is 21.9 Å². The maximum atomic E-state index is 12.9. The first-order valence-corrected chi connectivity index (χ1v) is 9.40. The topological polar surface area (TPSA) is 98.4 Å². The van der Waals surface area contributed by atoms with Crippen LogP contribution in [0, 0.1) is 0 Å². The van der Waals surface area contributed by atoms with E-state index in [-0.39, 0.29) is 34.9 Å². The number of para-hydroxylation sites is 1. The van der Waals surface area contributed by atoms with E-state index < -0.39 is 12.2 Å². The third-order valence-corrected chi connectivity index (χ3v) is 5.24. The van der Waals surface area contributed by atoms with Crippen molar-refractivity contribution in [3.8, 4) is 23.0 Å². The lowest BCUT2D eigenvalue weighted by atomic mass is 10.0. The molecule has 2 atom stereocenters. The summed E-state index contributed by atoms with van der Waals surface area (Å²) in [5, 5.41) is 20.7. The van der Waals surface area contributed by atoms with E-state index in [0.29, 0.717) is 27.7 Å². The molecule has 0 saturated carbocycles. The number of ether oxygens (including phenoxy) is 3. The van der Waals surface area contributed by atoms with E-state index in [2.05, 4.69) is 0 Å². The molecule has 0 radical (unpaired) electrons. The highest BCUT2D eigenvalue weighted by atomic mass is 16.6. The number of rotatable bonds is 3. The van der Waals surface area contributed by atoms with Crippen molar-refractivity contribution in [3.05, 3.63) is 70.4 Å². The number of aliphatic hydroxyl groups excluding tert-OH is 1. The van der Waals surface area contributed by atoms with Gasteiger partial charge in [0.1, 0.15) is 5.58 Å². The van der Waals surface area contributed by atoms with Crippen molar-refractivity contribution in [2.24, 2.45) is 0 Å². The monoisotopic (exact) mass is 406 g/mol. The molecule has 0 aliphatic carbocycles. The van der Waals surface area contributed by atoms with Crippen LogP contribution in [0.25, 0.3) is 21.9 Å². The van der Waals surface area contributed by atoms with Gasteiger partial charge in [-0.1, -0.05) is 18.2 Å². The van der Waals surface area contributed by atoms with Crippen molar-refractivity contribution in [1.82, 2.24) is 0 Å². The highest BCUT2D eigenvalue weighted by molar-refractivity contribution is 5.93. The van der Waals surface area contributed by atoms with Crippen molar-refractivity contribution in [2.75, 3.05) is 13.7 Å². The van der Waals surface area contributed by atoms with Gasteiger partial charge in [-0.25, -0.2) is 0 Å². The van der Waals surface area contributed by atoms with Crippen LogP contribution >= 0.6 is 0 Å². The summed E-state index contributed by atoms with van der Waals surface area (Å²) < 4.78 is 23.3. The van der Waals surface area contributed by atoms with E-state index in [0.717, 1.165) is 0 Å². The summed E-state index contributed by atoms with van der Waals surface area (Å²) in [6.45, 7) is -0.332. The van der Waals surface area contributed by atoms with Gasteiger partial charge in [-0.15, -0.1) is 0 Å². The van der Waals surface area contributed by atoms with Crippen LogP contribution in [0.15, 0.2) is 63.8 Å². The van der Waals surface area contributed by atoms with Crippen LogP contribution < -0.4 is 19.6 Å². The minimum Gasteiger partial charge on any atom is -0.504 e. The molecule has 5 rings (SSSR count). The molecule has 152 valence electrons. The fraction of sp³-hybridized carbons (Fsp3) is 0.174. The quantitative estimate of drug-likeness (QED) is 0.502. The zero-order chi connectivity index (χ0) is 20.8. The predicted octanol–water partition coefficient (Wildman–Crippen LogP) is 3.53. The molecule has 0 fully saturated rings. The SMILES string of the molecule is COc1cc([C@@H]2Oc3ccc4c(=O)c5ccccc5oc4c3O[C@@H]2CO)ccc1O. The smallest absolute Gasteiger partial charge is 0.205 e. The van der Waals surface area contributed by atoms with E-state index in [9.17, 15) is 15.0 Å². The van der Waals surface area contributed by atoms with Crippen LogP contribution in [-0.2, 0) is 0 Å². The van der Waals surface area contributed by atoms with Crippen LogP contribution in [0.5, 0.6) is 23.0 Å². The number of phenols is 1. The summed E-state index contributed by atoms with van der Waals surface area (Å²) in [7, 11) is 1.45. The Labute approximate surface area is 170 Å². The highest BCUT2D eigenvalue weighted by Gasteiger charge is 2.35. The second-order valence-electron chi connectivity index (χ2n) is 7.01. The maximum Gasteiger partial charge on any atom is 0.205 e. The van der Waals surface area contributed by atoms with Gasteiger partial charge < -0.3 is 28.8 Å². The zero-order valence-corrected chi connectivity index (χ0v) is 16.0. The van der Waals surface area contributed by atoms with Crippen LogP contribution in [0.4, 0.5) is 0 Å². The number of benzene rings is 3. The molecule has 1 aliphatic rings. The number of fused-ring (bicyclic) bond motifs is 4. The molecule has 7 heteroatoms. The van der Waals surface area contributed by atoms with Gasteiger partial charge >= 0.3 is 0 Å². The molecular formula is C23H18O7. The minimum absolute atomic E-state index is 0.00132. The lowest BCUT2D eigenvalue weighted by Crippen LogP contribution is -2.36. The van der Waals surface area contributed by atoms with E-state index in [1.54, 1.807) is 48.5 Å². The molecule has 0 bridgehead atoms. The summed E-state index contributed by atoms with van der Waals surface area (Å²) in [6.07, 6.45) is -1.41. The van der Waals surface area contributed by atoms with E-state index in [1.807, 2.05) is 0 Å². The van der Waals surface area contributed by atoms with Gasteiger partial charge in [0.15, 0.2) is 35.0 Å². The Morgan fingerprint density at radius 3 is 2.67 bits per heavy atom. The van der Waals surface area contributed by atoms with Crippen LogP contribution in [0.3, 0.4) is 0 Å². The fourth-order valence-electron chi connectivity index (χ4n) is 3.74. The van der Waals surface area contributed by atoms with Gasteiger partial charge in [0, 0.05) is 5.56 Å². The Hall–Kier alpha value is -3.71. The molecule has 0 unspecified atom stereocenters. The molecule has 1 aliphatic heterocycles. The van der Waals surface area contributed by atoms with E-state index >= 15 is 0 Å². The van der Waals surface area contributed by atoms with Crippen molar-refractivity contribution in [1.29, 1.82) is 0 Å². The molecular weight excluding hydrogens is 388 g/mol. The molecule has 0 saturated heterocycles. The lowest BCUT2D eigenvalue weighted by molar-refractivity contribution is -0.0117. The van der Waals surface area contributed by atoms with Gasteiger partial charge in [0.25, 0.3) is 0 Å². The molecule has 7 nitrogen and oxygen atoms in total. The number of phenolic OH excluding ortho intramolecular Hbond substituents is 1. The summed E-state index contributed by atoms with van der Waals surface area (Å²) in [5.41, 5.74) is 1.22. The Morgan fingerprint density at radius 2 is 1.87 bits per heavy atom. The molecule has 3 aromatic carbocycles. The Balaban J connectivity index is 1.66. The number of hydrogen-bond donors (Lipinski definition) is 2. The van der Waals surface area contributed by atoms with Gasteiger partial charge in [0.2, 0.25) is 11.2 Å². The summed E-state index contributed by atoms with van der Waals surface area (Å²) in [5.74, 6) is 0.951. The normalized spacial score (nSPS) is 17.9. The van der Waals surface area contributed by atoms with Crippen LogP contribution in [0.2, 0.25) is 0 Å². The van der Waals surface area contributed by atoms with Crippen molar-refractivity contribution < 1.29 is 28.8 Å². The first kappa shape index (κ1) is 18.3. The van der Waals surface area contributed by atoms with E-state index in [1.165, 1.54) is 13.2 Å². The second kappa shape index (κ2) is 6.96. The van der Waals surface area contributed by atoms with Crippen LogP contribution in [-0.4, -0.2) is 30.0 Å². The van der Waals surface area contributed by atoms with Gasteiger partial charge in [0.05, 0.1) is 24.5 Å². The first-order chi connectivity index (χ1) is 14.6. The third kappa shape index (κ3) is 2.74. The van der Waals surface area contributed by atoms with Gasteiger partial charge in [-0.3, -0.25) is 4.79 Å². The number of aliphatic hydroxyl groups is 1. The maximum absolute atomic E-state index is 12.9. The standard InChI is InChI=1S/C23H18O7/c1-27-18-10-12(6-8-15(18)25)21-19(11-24)30-23-17(29-21)9-7-14-20(26)13-4-2-3-5-16(13)28-22(14)23/h2-10,19,21,24-25H,11H2,1H3/t19-,21+/m1/s1. The van der Waals surface area contributed by atoms with Gasteiger partial charge in [-0.05, 0) is 36.4 Å². The number of aromatic hydroxyl groups is 1. The lowest BCUT2D eigenvalue weighted by Gasteiger charge is -2.33. The molecule has 30 heavy (non-hydrogen) atoms. The summed E-state index contributed by atoms with van der Waals surface area (Å²) in [4.78, 5) is 12.9. The summed E-state index contributed by atoms with van der Waals surface area (Å²) in [6, 6.07) is 15.1. The highest BCUT2D eigenvalue weighted by Crippen LogP contribution is 2.44. The average Bonchev–Trinajstić information content (AvgIpc) is 2.78. The third-order valence-electron chi connectivity index (χ3n) is 5.24. The molecule has 2 N–H and O–H groups in total. The number of methoxy groups -OCH3 is 1. The largest absolute Gasteiger partial charge is 0.504 e. The molecule has 2 heterocycles. The van der Waals surface area contributed by atoms with E-state index in [4.69, 9.17) is 18.6 Å². The minimum atomic E-state index is -0.755. The molecule has 0 spiro atoms. The average molecular weight is 406 g/mol. The summed E-state index contributed by atoms with van der Waals surface area (Å²) >= 11 is 0. The molecule has 1 aromatic heterocycles.